The quantitative estimate of drug-likeness (QED) is 0.764. The minimum Gasteiger partial charge on any atom is -0.373 e. The van der Waals surface area contributed by atoms with Crippen LogP contribution < -0.4 is 4.90 Å². The number of hydrogen-bond acceptors (Lipinski definition) is 6. The van der Waals surface area contributed by atoms with Gasteiger partial charge in [0.25, 0.3) is 10.2 Å². The number of piperazine rings is 1. The van der Waals surface area contributed by atoms with Gasteiger partial charge in [-0.05, 0) is 20.8 Å². The van der Waals surface area contributed by atoms with Crippen LogP contribution in [-0.4, -0.2) is 78.5 Å². The minimum absolute atomic E-state index is 0.0803. The third-order valence-electron chi connectivity index (χ3n) is 4.98. The van der Waals surface area contributed by atoms with Gasteiger partial charge >= 0.3 is 0 Å². The van der Waals surface area contributed by atoms with Crippen molar-refractivity contribution in [2.75, 3.05) is 44.2 Å². The molecule has 3 heterocycles. The van der Waals surface area contributed by atoms with Crippen LogP contribution in [0, 0.1) is 6.92 Å². The first-order chi connectivity index (χ1) is 12.7. The molecule has 2 saturated heterocycles. The van der Waals surface area contributed by atoms with Gasteiger partial charge in [0.1, 0.15) is 11.6 Å². The summed E-state index contributed by atoms with van der Waals surface area (Å²) in [7, 11) is -3.46. The van der Waals surface area contributed by atoms with Gasteiger partial charge < -0.3 is 9.64 Å². The molecule has 0 aliphatic carbocycles. The van der Waals surface area contributed by atoms with Crippen LogP contribution in [0.15, 0.2) is 6.07 Å². The largest absolute Gasteiger partial charge is 0.373 e. The third-order valence-corrected chi connectivity index (χ3v) is 6.94. The molecule has 0 N–H and O–H groups in total. The van der Waals surface area contributed by atoms with E-state index in [0.717, 1.165) is 17.3 Å². The van der Waals surface area contributed by atoms with E-state index in [0.29, 0.717) is 39.3 Å². The topological polar surface area (TPSA) is 78.9 Å². The summed E-state index contributed by atoms with van der Waals surface area (Å²) in [6, 6.07) is 1.97. The smallest absolute Gasteiger partial charge is 0.282 e. The minimum atomic E-state index is -3.46. The van der Waals surface area contributed by atoms with E-state index < -0.39 is 10.2 Å². The molecule has 0 spiro atoms. The Labute approximate surface area is 162 Å². The van der Waals surface area contributed by atoms with E-state index in [1.165, 1.54) is 0 Å². The van der Waals surface area contributed by atoms with Gasteiger partial charge in [-0.3, -0.25) is 0 Å². The average molecular weight is 398 g/mol. The summed E-state index contributed by atoms with van der Waals surface area (Å²) >= 11 is 0. The first-order valence-corrected chi connectivity index (χ1v) is 11.1. The number of anilines is 1. The van der Waals surface area contributed by atoms with Gasteiger partial charge in [0.2, 0.25) is 0 Å². The maximum Gasteiger partial charge on any atom is 0.282 e. The monoisotopic (exact) mass is 397 g/mol. The fourth-order valence-corrected chi connectivity index (χ4v) is 5.37. The van der Waals surface area contributed by atoms with Crippen LogP contribution in [0.2, 0.25) is 0 Å². The Bertz CT molecular complexity index is 752. The standard InChI is InChI=1S/C18H31N5O3S/c1-13(2)18-19-14(3)10-17(20-18)21-6-8-22(9-7-21)27(24,25)23-11-15(4)26-16(5)12-23/h10,13,15-16H,6-9,11-12H2,1-5H3/t15-,16-/m0/s1. The van der Waals surface area contributed by atoms with Crippen LogP contribution in [0.3, 0.4) is 0 Å². The molecule has 2 atom stereocenters. The van der Waals surface area contributed by atoms with Gasteiger partial charge in [0, 0.05) is 56.9 Å². The summed E-state index contributed by atoms with van der Waals surface area (Å²) in [6.07, 6.45) is -0.161. The molecule has 0 bridgehead atoms. The molecule has 0 saturated carbocycles. The first-order valence-electron chi connectivity index (χ1n) is 9.68. The van der Waals surface area contributed by atoms with E-state index >= 15 is 0 Å². The maximum atomic E-state index is 13.0. The van der Waals surface area contributed by atoms with Crippen molar-refractivity contribution < 1.29 is 13.2 Å². The van der Waals surface area contributed by atoms with E-state index in [9.17, 15) is 8.42 Å². The predicted octanol–water partition coefficient (Wildman–Crippen LogP) is 1.38. The Morgan fingerprint density at radius 1 is 1.04 bits per heavy atom. The van der Waals surface area contributed by atoms with E-state index in [4.69, 9.17) is 4.74 Å². The van der Waals surface area contributed by atoms with Crippen molar-refractivity contribution >= 4 is 16.0 Å². The molecule has 9 heteroatoms. The Morgan fingerprint density at radius 3 is 2.19 bits per heavy atom. The lowest BCUT2D eigenvalue weighted by Gasteiger charge is -2.40. The fourth-order valence-electron chi connectivity index (χ4n) is 3.62. The molecule has 0 radical (unpaired) electrons. The summed E-state index contributed by atoms with van der Waals surface area (Å²) in [5.41, 5.74) is 0.940. The lowest BCUT2D eigenvalue weighted by molar-refractivity contribution is -0.0455. The van der Waals surface area contributed by atoms with Gasteiger partial charge in [-0.2, -0.15) is 17.0 Å². The van der Waals surface area contributed by atoms with Crippen LogP contribution >= 0.6 is 0 Å². The average Bonchev–Trinajstić information content (AvgIpc) is 2.60. The zero-order valence-electron chi connectivity index (χ0n) is 16.9. The Kier molecular flexibility index (Phi) is 6.05. The predicted molar refractivity (Wildman–Crippen MR) is 105 cm³/mol. The molecule has 1 aromatic rings. The first kappa shape index (κ1) is 20.4. The van der Waals surface area contributed by atoms with Gasteiger partial charge in [0.15, 0.2) is 0 Å². The Balaban J connectivity index is 1.68. The number of aromatic nitrogens is 2. The number of aryl methyl sites for hydroxylation is 1. The maximum absolute atomic E-state index is 13.0. The highest BCUT2D eigenvalue weighted by atomic mass is 32.2. The summed E-state index contributed by atoms with van der Waals surface area (Å²) in [5, 5.41) is 0. The molecular formula is C18H31N5O3S. The van der Waals surface area contributed by atoms with Gasteiger partial charge in [-0.15, -0.1) is 0 Å². The van der Waals surface area contributed by atoms with Gasteiger partial charge in [-0.1, -0.05) is 13.8 Å². The lowest BCUT2D eigenvalue weighted by Crippen LogP contribution is -2.57. The normalized spacial score (nSPS) is 25.9. The summed E-state index contributed by atoms with van der Waals surface area (Å²) in [5.74, 6) is 1.98. The summed E-state index contributed by atoms with van der Waals surface area (Å²) < 4.78 is 34.9. The molecule has 0 aromatic carbocycles. The van der Waals surface area contributed by atoms with Crippen molar-refractivity contribution in [1.82, 2.24) is 18.6 Å². The van der Waals surface area contributed by atoms with Crippen LogP contribution in [0.1, 0.15) is 45.1 Å². The molecule has 2 fully saturated rings. The second-order valence-electron chi connectivity index (χ2n) is 7.85. The highest BCUT2D eigenvalue weighted by Gasteiger charge is 2.36. The van der Waals surface area contributed by atoms with Crippen LogP contribution in [0.25, 0.3) is 0 Å². The highest BCUT2D eigenvalue weighted by Crippen LogP contribution is 2.22. The Morgan fingerprint density at radius 2 is 1.63 bits per heavy atom. The van der Waals surface area contributed by atoms with Crippen molar-refractivity contribution in [3.05, 3.63) is 17.6 Å². The third kappa shape index (κ3) is 4.59. The van der Waals surface area contributed by atoms with Crippen molar-refractivity contribution in [2.45, 2.75) is 52.7 Å². The summed E-state index contributed by atoms with van der Waals surface area (Å²) in [4.78, 5) is 11.3. The number of hydrogen-bond donors (Lipinski definition) is 0. The summed E-state index contributed by atoms with van der Waals surface area (Å²) in [6.45, 7) is 13.0. The fraction of sp³-hybridized carbons (Fsp3) is 0.778. The van der Waals surface area contributed by atoms with E-state index in [-0.39, 0.29) is 18.1 Å². The number of ether oxygens (including phenoxy) is 1. The molecule has 0 amide bonds. The van der Waals surface area contributed by atoms with Crippen molar-refractivity contribution in [3.63, 3.8) is 0 Å². The van der Waals surface area contributed by atoms with E-state index in [2.05, 4.69) is 28.7 Å². The molecule has 8 nitrogen and oxygen atoms in total. The molecule has 2 aliphatic heterocycles. The number of morpholine rings is 1. The van der Waals surface area contributed by atoms with Gasteiger partial charge in [0.05, 0.1) is 12.2 Å². The van der Waals surface area contributed by atoms with E-state index in [1.807, 2.05) is 26.8 Å². The molecule has 27 heavy (non-hydrogen) atoms. The Hall–Kier alpha value is -1.29. The van der Waals surface area contributed by atoms with Gasteiger partial charge in [-0.25, -0.2) is 9.97 Å². The molecule has 2 aliphatic rings. The van der Waals surface area contributed by atoms with Crippen molar-refractivity contribution in [2.24, 2.45) is 0 Å². The molecule has 1 aromatic heterocycles. The molecule has 0 unspecified atom stereocenters. The second kappa shape index (κ2) is 7.98. The number of rotatable bonds is 4. The van der Waals surface area contributed by atoms with Crippen LogP contribution in [0.5, 0.6) is 0 Å². The van der Waals surface area contributed by atoms with Crippen LogP contribution in [-0.2, 0) is 14.9 Å². The lowest BCUT2D eigenvalue weighted by atomic mass is 10.2. The zero-order valence-corrected chi connectivity index (χ0v) is 17.7. The van der Waals surface area contributed by atoms with Crippen LogP contribution in [0.4, 0.5) is 5.82 Å². The SMILES string of the molecule is Cc1cc(N2CCN(S(=O)(=O)N3C[C@H](C)O[C@@H](C)C3)CC2)nc(C(C)C)n1. The second-order valence-corrected chi connectivity index (χ2v) is 9.78. The van der Waals surface area contributed by atoms with Crippen molar-refractivity contribution in [3.8, 4) is 0 Å². The van der Waals surface area contributed by atoms with Crippen molar-refractivity contribution in [1.29, 1.82) is 0 Å². The molecule has 3 rings (SSSR count). The molecular weight excluding hydrogens is 366 g/mol. The molecule has 152 valence electrons. The van der Waals surface area contributed by atoms with E-state index in [1.54, 1.807) is 8.61 Å². The number of nitrogens with zero attached hydrogens (tertiary/aromatic N) is 5. The highest BCUT2D eigenvalue weighted by molar-refractivity contribution is 7.86. The zero-order chi connectivity index (χ0) is 19.8.